The smallest absolute Gasteiger partial charge is 0.337 e. The molecule has 1 aromatic heterocycles. The number of aromatic nitrogens is 1. The highest BCUT2D eigenvalue weighted by Crippen LogP contribution is 2.30. The lowest BCUT2D eigenvalue weighted by molar-refractivity contribution is 0.0697. The van der Waals surface area contributed by atoms with Gasteiger partial charge in [-0.3, -0.25) is 0 Å². The Hall–Kier alpha value is -1.29. The Morgan fingerprint density at radius 1 is 1.61 bits per heavy atom. The van der Waals surface area contributed by atoms with Gasteiger partial charge in [0.05, 0.1) is 10.6 Å². The minimum absolute atomic E-state index is 0.0916. The zero-order chi connectivity index (χ0) is 13.1. The molecule has 0 amide bonds. The third-order valence-electron chi connectivity index (χ3n) is 3.46. The number of aromatic carboxylic acids is 1. The zero-order valence-corrected chi connectivity index (χ0v) is 11.1. The maximum atomic E-state index is 10.9. The molecule has 0 spiro atoms. The number of anilines is 1. The second-order valence-corrected chi connectivity index (χ2v) is 5.43. The Morgan fingerprint density at radius 2 is 2.39 bits per heavy atom. The Morgan fingerprint density at radius 3 is 3.00 bits per heavy atom. The molecule has 0 saturated heterocycles. The van der Waals surface area contributed by atoms with Gasteiger partial charge in [-0.1, -0.05) is 24.9 Å². The lowest BCUT2D eigenvalue weighted by Gasteiger charge is -2.12. The van der Waals surface area contributed by atoms with Crippen molar-refractivity contribution in [1.29, 1.82) is 0 Å². The average Bonchev–Trinajstić information content (AvgIpc) is 2.74. The first-order valence-electron chi connectivity index (χ1n) is 6.19. The van der Waals surface area contributed by atoms with E-state index >= 15 is 0 Å². The summed E-state index contributed by atoms with van der Waals surface area (Å²) in [6.07, 6.45) is 5.12. The number of carbonyl (C=O) groups is 1. The van der Waals surface area contributed by atoms with E-state index in [2.05, 4.69) is 17.2 Å². The highest BCUT2D eigenvalue weighted by Gasteiger charge is 2.21. The van der Waals surface area contributed by atoms with Crippen LogP contribution < -0.4 is 5.32 Å². The third-order valence-corrected chi connectivity index (χ3v) is 3.76. The number of nitrogens with one attached hydrogen (secondary N) is 1. The van der Waals surface area contributed by atoms with E-state index in [4.69, 9.17) is 16.7 Å². The van der Waals surface area contributed by atoms with Gasteiger partial charge in [0.2, 0.25) is 0 Å². The number of halogens is 1. The van der Waals surface area contributed by atoms with E-state index in [1.807, 2.05) is 0 Å². The minimum atomic E-state index is -1.03. The minimum Gasteiger partial charge on any atom is -0.478 e. The number of carboxylic acid groups (broad SMARTS) is 1. The summed E-state index contributed by atoms with van der Waals surface area (Å²) in [4.78, 5) is 15.0. The predicted molar refractivity (Wildman–Crippen MR) is 71.2 cm³/mol. The van der Waals surface area contributed by atoms with Gasteiger partial charge in [-0.05, 0) is 30.7 Å². The Bertz CT molecular complexity index is 451. The summed E-state index contributed by atoms with van der Waals surface area (Å²) in [5, 5.41) is 12.3. The van der Waals surface area contributed by atoms with Crippen molar-refractivity contribution in [1.82, 2.24) is 4.98 Å². The van der Waals surface area contributed by atoms with Crippen molar-refractivity contribution in [3.8, 4) is 0 Å². The van der Waals surface area contributed by atoms with E-state index in [-0.39, 0.29) is 10.6 Å². The summed E-state index contributed by atoms with van der Waals surface area (Å²) in [5.74, 6) is 1.01. The van der Waals surface area contributed by atoms with Crippen molar-refractivity contribution in [2.45, 2.75) is 26.2 Å². The number of hydrogen-bond acceptors (Lipinski definition) is 3. The number of nitrogens with zero attached hydrogens (tertiary/aromatic N) is 1. The summed E-state index contributed by atoms with van der Waals surface area (Å²) >= 11 is 5.77. The molecule has 0 bridgehead atoms. The van der Waals surface area contributed by atoms with E-state index in [0.29, 0.717) is 11.7 Å². The van der Waals surface area contributed by atoms with Gasteiger partial charge in [-0.15, -0.1) is 0 Å². The van der Waals surface area contributed by atoms with Gasteiger partial charge in [-0.25, -0.2) is 9.78 Å². The van der Waals surface area contributed by atoms with E-state index in [9.17, 15) is 4.79 Å². The first-order valence-corrected chi connectivity index (χ1v) is 6.56. The maximum absolute atomic E-state index is 10.9. The molecule has 0 aliphatic heterocycles. The van der Waals surface area contributed by atoms with Gasteiger partial charge in [-0.2, -0.15) is 0 Å². The molecule has 1 aliphatic rings. The number of hydrogen-bond donors (Lipinski definition) is 2. The largest absolute Gasteiger partial charge is 0.478 e. The molecule has 5 heteroatoms. The Labute approximate surface area is 111 Å². The summed E-state index contributed by atoms with van der Waals surface area (Å²) in [6.45, 7) is 3.11. The van der Waals surface area contributed by atoms with Crippen LogP contribution in [0.1, 0.15) is 36.5 Å². The third kappa shape index (κ3) is 3.13. The van der Waals surface area contributed by atoms with Crippen molar-refractivity contribution in [2.24, 2.45) is 11.8 Å². The van der Waals surface area contributed by atoms with Gasteiger partial charge in [0.1, 0.15) is 5.82 Å². The van der Waals surface area contributed by atoms with Crippen molar-refractivity contribution >= 4 is 23.4 Å². The van der Waals surface area contributed by atoms with Crippen LogP contribution in [0.4, 0.5) is 5.82 Å². The molecule has 2 N–H and O–H groups in total. The van der Waals surface area contributed by atoms with Gasteiger partial charge < -0.3 is 10.4 Å². The van der Waals surface area contributed by atoms with Crippen LogP contribution in [0.2, 0.25) is 5.02 Å². The van der Waals surface area contributed by atoms with E-state index in [1.54, 1.807) is 0 Å². The van der Waals surface area contributed by atoms with Crippen molar-refractivity contribution < 1.29 is 9.90 Å². The molecule has 1 saturated carbocycles. The van der Waals surface area contributed by atoms with Crippen LogP contribution in [-0.2, 0) is 0 Å². The highest BCUT2D eigenvalue weighted by molar-refractivity contribution is 6.33. The Kier molecular flexibility index (Phi) is 4.07. The van der Waals surface area contributed by atoms with Crippen LogP contribution in [0.25, 0.3) is 0 Å². The molecule has 0 aromatic carbocycles. The lowest BCUT2D eigenvalue weighted by atomic mass is 10.1. The number of pyridine rings is 1. The normalized spacial score (nSPS) is 23.0. The molecular weight excluding hydrogens is 252 g/mol. The second kappa shape index (κ2) is 5.57. The van der Waals surface area contributed by atoms with Crippen LogP contribution in [0.3, 0.4) is 0 Å². The average molecular weight is 269 g/mol. The fourth-order valence-electron chi connectivity index (χ4n) is 2.46. The quantitative estimate of drug-likeness (QED) is 0.880. The molecule has 1 aliphatic carbocycles. The second-order valence-electron chi connectivity index (χ2n) is 5.02. The first kappa shape index (κ1) is 13.1. The molecule has 98 valence electrons. The zero-order valence-electron chi connectivity index (χ0n) is 10.3. The predicted octanol–water partition coefficient (Wildman–Crippen LogP) is 3.28. The topological polar surface area (TPSA) is 62.2 Å². The van der Waals surface area contributed by atoms with Crippen LogP contribution in [-0.4, -0.2) is 22.6 Å². The van der Waals surface area contributed by atoms with Crippen LogP contribution >= 0.6 is 11.6 Å². The van der Waals surface area contributed by atoms with E-state index in [0.717, 1.165) is 12.5 Å². The van der Waals surface area contributed by atoms with Crippen molar-refractivity contribution in [3.63, 3.8) is 0 Å². The maximum Gasteiger partial charge on any atom is 0.337 e. The fourth-order valence-corrected chi connectivity index (χ4v) is 2.64. The molecule has 1 fully saturated rings. The molecule has 2 rings (SSSR count). The van der Waals surface area contributed by atoms with Gasteiger partial charge in [0, 0.05) is 12.7 Å². The van der Waals surface area contributed by atoms with Gasteiger partial charge in [0.15, 0.2) is 0 Å². The van der Waals surface area contributed by atoms with Gasteiger partial charge >= 0.3 is 5.97 Å². The molecule has 4 nitrogen and oxygen atoms in total. The summed E-state index contributed by atoms with van der Waals surface area (Å²) in [7, 11) is 0. The summed E-state index contributed by atoms with van der Waals surface area (Å²) < 4.78 is 0. The van der Waals surface area contributed by atoms with E-state index < -0.39 is 5.97 Å². The first-order chi connectivity index (χ1) is 8.56. The molecule has 1 aromatic rings. The summed E-state index contributed by atoms with van der Waals surface area (Å²) in [5.41, 5.74) is 0.0916. The highest BCUT2D eigenvalue weighted by atomic mass is 35.5. The van der Waals surface area contributed by atoms with Crippen LogP contribution in [0.15, 0.2) is 12.3 Å². The standard InChI is InChI=1S/C13H17ClN2O2/c1-8-2-3-9(4-8)6-15-12-5-10(13(17)18)11(14)7-16-12/h5,7-9H,2-4,6H2,1H3,(H,15,16)(H,17,18). The molecule has 18 heavy (non-hydrogen) atoms. The summed E-state index contributed by atoms with van der Waals surface area (Å²) in [6, 6.07) is 1.49. The number of rotatable bonds is 4. The molecule has 2 atom stereocenters. The van der Waals surface area contributed by atoms with Crippen LogP contribution in [0.5, 0.6) is 0 Å². The number of carboxylic acids is 1. The van der Waals surface area contributed by atoms with Crippen LogP contribution in [0, 0.1) is 11.8 Å². The van der Waals surface area contributed by atoms with Crippen molar-refractivity contribution in [3.05, 3.63) is 22.8 Å². The molecule has 1 heterocycles. The lowest BCUT2D eigenvalue weighted by Crippen LogP contribution is -2.13. The molecule has 2 unspecified atom stereocenters. The monoisotopic (exact) mass is 268 g/mol. The van der Waals surface area contributed by atoms with E-state index in [1.165, 1.54) is 31.5 Å². The van der Waals surface area contributed by atoms with Gasteiger partial charge in [0.25, 0.3) is 0 Å². The SMILES string of the molecule is CC1CCC(CNc2cc(C(=O)O)c(Cl)cn2)C1. The Balaban J connectivity index is 1.97. The molecular formula is C13H17ClN2O2. The molecule has 0 radical (unpaired) electrons. The van der Waals surface area contributed by atoms with Crippen molar-refractivity contribution in [2.75, 3.05) is 11.9 Å². The fraction of sp³-hybridized carbons (Fsp3) is 0.538.